The number of thiocarbonyl (C=S) groups is 1. The van der Waals surface area contributed by atoms with Crippen molar-refractivity contribution in [2.24, 2.45) is 11.8 Å². The van der Waals surface area contributed by atoms with Gasteiger partial charge in [0.2, 0.25) is 10.0 Å². The number of hydrogen-bond acceptors (Lipinski definition) is 3. The average Bonchev–Trinajstić information content (AvgIpc) is 3.30. The van der Waals surface area contributed by atoms with E-state index in [2.05, 4.69) is 10.2 Å². The van der Waals surface area contributed by atoms with E-state index in [9.17, 15) is 8.42 Å². The molecule has 0 unspecified atom stereocenters. The smallest absolute Gasteiger partial charge is 0.236 e. The van der Waals surface area contributed by atoms with E-state index in [0.29, 0.717) is 32.2 Å². The van der Waals surface area contributed by atoms with Crippen molar-refractivity contribution < 1.29 is 8.42 Å². The average molecular weight is 406 g/mol. The Bertz CT molecular complexity index is 802. The van der Waals surface area contributed by atoms with E-state index < -0.39 is 10.0 Å². The van der Waals surface area contributed by atoms with Crippen LogP contribution < -0.4 is 5.32 Å². The van der Waals surface area contributed by atoms with Gasteiger partial charge < -0.3 is 10.2 Å². The highest BCUT2D eigenvalue weighted by Crippen LogP contribution is 2.44. The SMILES string of the molecule is O=S(=O)(/C=C/c1ccccc1)N1CCN(C(=S)N[C@H]2C[C@H]3CC[C@@H]2C3)CC1. The number of fused-ring (bicyclic) bond motifs is 2. The number of piperazine rings is 1. The predicted octanol–water partition coefficient (Wildman–Crippen LogP) is 2.67. The molecular formula is C20H27N3O2S2. The number of nitrogens with zero attached hydrogens (tertiary/aromatic N) is 2. The molecule has 0 amide bonds. The first-order chi connectivity index (χ1) is 13.0. The van der Waals surface area contributed by atoms with E-state index >= 15 is 0 Å². The van der Waals surface area contributed by atoms with Gasteiger partial charge in [0, 0.05) is 37.6 Å². The summed E-state index contributed by atoms with van der Waals surface area (Å²) < 4.78 is 26.7. The summed E-state index contributed by atoms with van der Waals surface area (Å²) in [5, 5.41) is 5.66. The van der Waals surface area contributed by atoms with Gasteiger partial charge in [-0.15, -0.1) is 0 Å². The molecule has 2 saturated carbocycles. The van der Waals surface area contributed by atoms with Crippen LogP contribution in [0.2, 0.25) is 0 Å². The van der Waals surface area contributed by atoms with Crippen molar-refractivity contribution in [2.45, 2.75) is 31.7 Å². The standard InChI is InChI=1S/C20H27N3O2S2/c24-27(25,13-8-16-4-2-1-3-5-16)23-11-9-22(10-12-23)20(26)21-19-15-17-6-7-18(19)14-17/h1-5,8,13,17-19H,6-7,9-12,14-15H2,(H,21,26)/b13-8+/t17-,18+,19-/m0/s1. The Hall–Kier alpha value is -1.44. The lowest BCUT2D eigenvalue weighted by molar-refractivity contribution is 0.260. The van der Waals surface area contributed by atoms with E-state index in [1.54, 1.807) is 10.4 Å². The third kappa shape index (κ3) is 4.36. The molecule has 27 heavy (non-hydrogen) atoms. The summed E-state index contributed by atoms with van der Waals surface area (Å²) in [4.78, 5) is 2.12. The minimum absolute atomic E-state index is 0.472. The zero-order valence-electron chi connectivity index (χ0n) is 15.5. The highest BCUT2D eigenvalue weighted by molar-refractivity contribution is 7.92. The zero-order valence-corrected chi connectivity index (χ0v) is 17.1. The van der Waals surface area contributed by atoms with Gasteiger partial charge in [-0.1, -0.05) is 36.8 Å². The Morgan fingerprint density at radius 1 is 1.07 bits per heavy atom. The van der Waals surface area contributed by atoms with Crippen molar-refractivity contribution in [3.63, 3.8) is 0 Å². The first-order valence-corrected chi connectivity index (χ1v) is 11.7. The molecule has 1 saturated heterocycles. The van der Waals surface area contributed by atoms with Crippen LogP contribution in [0.4, 0.5) is 0 Å². The van der Waals surface area contributed by atoms with E-state index in [-0.39, 0.29) is 0 Å². The normalized spacial score (nSPS) is 28.7. The Balaban J connectivity index is 1.29. The summed E-state index contributed by atoms with van der Waals surface area (Å²) in [6, 6.07) is 10.0. The molecule has 7 heteroatoms. The van der Waals surface area contributed by atoms with Crippen LogP contribution in [-0.2, 0) is 10.0 Å². The maximum atomic E-state index is 12.6. The lowest BCUT2D eigenvalue weighted by Gasteiger charge is -2.36. The van der Waals surface area contributed by atoms with Gasteiger partial charge in [-0.05, 0) is 55.0 Å². The predicted molar refractivity (Wildman–Crippen MR) is 113 cm³/mol. The highest BCUT2D eigenvalue weighted by atomic mass is 32.2. The molecule has 5 nitrogen and oxygen atoms in total. The van der Waals surface area contributed by atoms with Crippen LogP contribution in [0.3, 0.4) is 0 Å². The Morgan fingerprint density at radius 2 is 1.81 bits per heavy atom. The fraction of sp³-hybridized carbons (Fsp3) is 0.550. The van der Waals surface area contributed by atoms with Gasteiger partial charge in [0.25, 0.3) is 0 Å². The second-order valence-electron chi connectivity index (χ2n) is 7.88. The quantitative estimate of drug-likeness (QED) is 0.781. The van der Waals surface area contributed by atoms with Gasteiger partial charge in [-0.2, -0.15) is 4.31 Å². The number of sulfonamides is 1. The summed E-state index contributed by atoms with van der Waals surface area (Å²) in [5.74, 6) is 1.66. The van der Waals surface area contributed by atoms with Crippen LogP contribution in [0, 0.1) is 11.8 Å². The third-order valence-corrected chi connectivity index (χ3v) is 8.11. The van der Waals surface area contributed by atoms with Crippen molar-refractivity contribution in [2.75, 3.05) is 26.2 Å². The summed E-state index contributed by atoms with van der Waals surface area (Å²) >= 11 is 5.61. The molecule has 1 aromatic carbocycles. The number of rotatable bonds is 4. The lowest BCUT2D eigenvalue weighted by atomic mass is 9.95. The molecule has 3 aliphatic rings. The molecule has 0 aromatic heterocycles. The highest BCUT2D eigenvalue weighted by Gasteiger charge is 2.40. The molecule has 2 aliphatic carbocycles. The summed E-state index contributed by atoms with van der Waals surface area (Å²) in [5.41, 5.74) is 0.885. The maximum Gasteiger partial charge on any atom is 0.236 e. The molecule has 0 radical (unpaired) electrons. The van der Waals surface area contributed by atoms with Crippen molar-refractivity contribution in [1.29, 1.82) is 0 Å². The molecule has 1 aliphatic heterocycles. The van der Waals surface area contributed by atoms with Gasteiger partial charge in [0.05, 0.1) is 0 Å². The minimum Gasteiger partial charge on any atom is -0.360 e. The van der Waals surface area contributed by atoms with E-state index in [1.807, 2.05) is 30.3 Å². The second-order valence-corrected chi connectivity index (χ2v) is 10.1. The lowest BCUT2D eigenvalue weighted by Crippen LogP contribution is -2.54. The summed E-state index contributed by atoms with van der Waals surface area (Å²) in [7, 11) is -3.40. The topological polar surface area (TPSA) is 52.7 Å². The second kappa shape index (κ2) is 7.89. The largest absolute Gasteiger partial charge is 0.360 e. The molecule has 0 spiro atoms. The van der Waals surface area contributed by atoms with Gasteiger partial charge in [-0.3, -0.25) is 0 Å². The molecule has 3 atom stereocenters. The molecule has 2 bridgehead atoms. The third-order valence-electron chi connectivity index (χ3n) is 6.16. The Kier molecular flexibility index (Phi) is 5.53. The van der Waals surface area contributed by atoms with Gasteiger partial charge in [0.1, 0.15) is 0 Å². The van der Waals surface area contributed by atoms with E-state index in [4.69, 9.17) is 12.2 Å². The first kappa shape index (κ1) is 18.9. The molecule has 1 aromatic rings. The first-order valence-electron chi connectivity index (χ1n) is 9.80. The van der Waals surface area contributed by atoms with Crippen molar-refractivity contribution in [3.8, 4) is 0 Å². The van der Waals surface area contributed by atoms with Crippen LogP contribution in [0.5, 0.6) is 0 Å². The van der Waals surface area contributed by atoms with Crippen LogP contribution in [0.25, 0.3) is 6.08 Å². The van der Waals surface area contributed by atoms with Crippen LogP contribution in [0.1, 0.15) is 31.2 Å². The Morgan fingerprint density at radius 3 is 2.44 bits per heavy atom. The summed E-state index contributed by atoms with van der Waals surface area (Å²) in [6.45, 7) is 2.23. The molecule has 1 N–H and O–H groups in total. The molecule has 3 fully saturated rings. The van der Waals surface area contributed by atoms with E-state index in [0.717, 1.165) is 22.5 Å². The minimum atomic E-state index is -3.40. The number of nitrogens with one attached hydrogen (secondary N) is 1. The number of benzene rings is 1. The molecule has 1 heterocycles. The Labute approximate surface area is 167 Å². The van der Waals surface area contributed by atoms with Crippen molar-refractivity contribution in [1.82, 2.24) is 14.5 Å². The number of hydrogen-bond donors (Lipinski definition) is 1. The fourth-order valence-corrected chi connectivity index (χ4v) is 6.14. The molecule has 4 rings (SSSR count). The van der Waals surface area contributed by atoms with Crippen LogP contribution >= 0.6 is 12.2 Å². The van der Waals surface area contributed by atoms with Gasteiger partial charge in [0.15, 0.2) is 5.11 Å². The summed E-state index contributed by atoms with van der Waals surface area (Å²) in [6.07, 6.45) is 6.94. The van der Waals surface area contributed by atoms with Gasteiger partial charge >= 0.3 is 0 Å². The molecular weight excluding hydrogens is 378 g/mol. The van der Waals surface area contributed by atoms with Crippen LogP contribution in [-0.4, -0.2) is 55.0 Å². The fourth-order valence-electron chi connectivity index (χ4n) is 4.63. The monoisotopic (exact) mass is 405 g/mol. The maximum absolute atomic E-state index is 12.6. The van der Waals surface area contributed by atoms with Crippen molar-refractivity contribution in [3.05, 3.63) is 41.3 Å². The van der Waals surface area contributed by atoms with E-state index in [1.165, 1.54) is 31.1 Å². The van der Waals surface area contributed by atoms with Crippen molar-refractivity contribution >= 4 is 33.4 Å². The zero-order chi connectivity index (χ0) is 18.9. The van der Waals surface area contributed by atoms with Crippen LogP contribution in [0.15, 0.2) is 35.7 Å². The van der Waals surface area contributed by atoms with Gasteiger partial charge in [-0.25, -0.2) is 8.42 Å². The molecule has 146 valence electrons.